The van der Waals surface area contributed by atoms with Crippen LogP contribution in [0.5, 0.6) is 0 Å². The molecule has 0 spiro atoms. The molecular formula is C10H6O5S. The maximum absolute atomic E-state index is 11.2. The van der Waals surface area contributed by atoms with Crippen LogP contribution < -0.4 is 0 Å². The molecule has 1 aliphatic rings. The minimum absolute atomic E-state index is 0.0289. The number of rotatable bonds is 2. The van der Waals surface area contributed by atoms with Crippen LogP contribution in [-0.4, -0.2) is 29.4 Å². The van der Waals surface area contributed by atoms with Crippen LogP contribution in [0.2, 0.25) is 0 Å². The SMILES string of the molecule is O=C1COC(=O)/C1=C\c1ccc(C(=O)O)s1. The summed E-state index contributed by atoms with van der Waals surface area (Å²) in [5.74, 6) is -2.07. The van der Waals surface area contributed by atoms with Gasteiger partial charge in [-0.2, -0.15) is 0 Å². The van der Waals surface area contributed by atoms with Crippen molar-refractivity contribution < 1.29 is 24.2 Å². The van der Waals surface area contributed by atoms with Crippen LogP contribution in [0.1, 0.15) is 14.5 Å². The number of carbonyl (C=O) groups excluding carboxylic acids is 2. The van der Waals surface area contributed by atoms with E-state index in [1.807, 2.05) is 0 Å². The largest absolute Gasteiger partial charge is 0.477 e. The smallest absolute Gasteiger partial charge is 0.345 e. The van der Waals surface area contributed by atoms with Gasteiger partial charge in [0.15, 0.2) is 6.61 Å². The molecule has 1 fully saturated rings. The lowest BCUT2D eigenvalue weighted by Crippen LogP contribution is -1.99. The highest BCUT2D eigenvalue weighted by atomic mass is 32.1. The van der Waals surface area contributed by atoms with Gasteiger partial charge in [0.05, 0.1) is 0 Å². The predicted octanol–water partition coefficient (Wildman–Crippen LogP) is 0.956. The summed E-state index contributed by atoms with van der Waals surface area (Å²) in [6, 6.07) is 2.96. The van der Waals surface area contributed by atoms with Crippen LogP contribution in [0.4, 0.5) is 0 Å². The van der Waals surface area contributed by atoms with Gasteiger partial charge in [0.25, 0.3) is 0 Å². The summed E-state index contributed by atoms with van der Waals surface area (Å²) >= 11 is 0.996. The summed E-state index contributed by atoms with van der Waals surface area (Å²) in [5, 5.41) is 8.69. The van der Waals surface area contributed by atoms with Gasteiger partial charge < -0.3 is 9.84 Å². The second-order valence-corrected chi connectivity index (χ2v) is 4.18. The third-order valence-electron chi connectivity index (χ3n) is 1.98. The molecule has 6 heteroatoms. The minimum Gasteiger partial charge on any atom is -0.477 e. The normalized spacial score (nSPS) is 17.9. The van der Waals surface area contributed by atoms with Crippen molar-refractivity contribution in [3.05, 3.63) is 27.5 Å². The number of hydrogen-bond acceptors (Lipinski definition) is 5. The van der Waals surface area contributed by atoms with Crippen LogP contribution in [0, 0.1) is 0 Å². The van der Waals surface area contributed by atoms with Crippen molar-refractivity contribution in [1.82, 2.24) is 0 Å². The van der Waals surface area contributed by atoms with Crippen molar-refractivity contribution in [2.24, 2.45) is 0 Å². The lowest BCUT2D eigenvalue weighted by molar-refractivity contribution is -0.135. The van der Waals surface area contributed by atoms with Crippen molar-refractivity contribution in [2.75, 3.05) is 6.61 Å². The Morgan fingerprint density at radius 2 is 2.19 bits per heavy atom. The molecular weight excluding hydrogens is 232 g/mol. The number of Topliss-reactive ketones (excluding diaryl/α,β-unsaturated/α-hetero) is 1. The van der Waals surface area contributed by atoms with Gasteiger partial charge in [0.1, 0.15) is 10.5 Å². The fourth-order valence-corrected chi connectivity index (χ4v) is 2.02. The summed E-state index contributed by atoms with van der Waals surface area (Å²) in [7, 11) is 0. The molecule has 0 bridgehead atoms. The zero-order valence-corrected chi connectivity index (χ0v) is 8.74. The number of carboxylic acids is 1. The summed E-state index contributed by atoms with van der Waals surface area (Å²) in [6.07, 6.45) is 1.36. The van der Waals surface area contributed by atoms with Crippen molar-refractivity contribution in [3.63, 3.8) is 0 Å². The van der Waals surface area contributed by atoms with Gasteiger partial charge in [0, 0.05) is 4.88 Å². The Kier molecular flexibility index (Phi) is 2.57. The van der Waals surface area contributed by atoms with Gasteiger partial charge >= 0.3 is 11.9 Å². The summed E-state index contributed by atoms with van der Waals surface area (Å²) < 4.78 is 4.54. The number of hydrogen-bond donors (Lipinski definition) is 1. The van der Waals surface area contributed by atoms with Crippen LogP contribution >= 0.6 is 11.3 Å². The summed E-state index contributed by atoms with van der Waals surface area (Å²) in [6.45, 7) is -0.234. The van der Waals surface area contributed by atoms with E-state index in [9.17, 15) is 14.4 Å². The van der Waals surface area contributed by atoms with Crippen LogP contribution in [0.3, 0.4) is 0 Å². The van der Waals surface area contributed by atoms with Crippen LogP contribution in [0.25, 0.3) is 6.08 Å². The molecule has 1 aliphatic heterocycles. The second-order valence-electron chi connectivity index (χ2n) is 3.06. The molecule has 1 N–H and O–H groups in total. The van der Waals surface area contributed by atoms with E-state index in [-0.39, 0.29) is 22.8 Å². The molecule has 0 amide bonds. The Bertz CT molecular complexity index is 493. The fourth-order valence-electron chi connectivity index (χ4n) is 1.23. The average molecular weight is 238 g/mol. The molecule has 0 aromatic carbocycles. The second kappa shape index (κ2) is 3.90. The maximum Gasteiger partial charge on any atom is 0.345 e. The van der Waals surface area contributed by atoms with Gasteiger partial charge in [-0.15, -0.1) is 11.3 Å². The van der Waals surface area contributed by atoms with Crippen molar-refractivity contribution in [2.45, 2.75) is 0 Å². The van der Waals surface area contributed by atoms with Crippen molar-refractivity contribution >= 4 is 35.1 Å². The zero-order valence-electron chi connectivity index (χ0n) is 7.93. The number of ketones is 1. The van der Waals surface area contributed by atoms with E-state index in [0.717, 1.165) is 11.3 Å². The molecule has 1 aromatic rings. The van der Waals surface area contributed by atoms with Crippen molar-refractivity contribution in [1.29, 1.82) is 0 Å². The number of carbonyl (C=O) groups is 3. The standard InChI is InChI=1S/C10H6O5S/c11-7-4-15-10(14)6(7)3-5-1-2-8(16-5)9(12)13/h1-3H,4H2,(H,12,13)/b6-3-. The van der Waals surface area contributed by atoms with Crippen molar-refractivity contribution in [3.8, 4) is 0 Å². The number of carboxylic acid groups (broad SMARTS) is 1. The van der Waals surface area contributed by atoms with Gasteiger partial charge in [-0.1, -0.05) is 0 Å². The molecule has 1 aromatic heterocycles. The number of ether oxygens (including phenoxy) is 1. The summed E-state index contributed by atoms with van der Waals surface area (Å²) in [4.78, 5) is 33.6. The van der Waals surface area contributed by atoms with Gasteiger partial charge in [-0.05, 0) is 18.2 Å². The first-order valence-corrected chi connectivity index (χ1v) is 5.15. The van der Waals surface area contributed by atoms with E-state index in [4.69, 9.17) is 5.11 Å². The van der Waals surface area contributed by atoms with Gasteiger partial charge in [0.2, 0.25) is 5.78 Å². The molecule has 2 heterocycles. The number of aromatic carboxylic acids is 1. The Morgan fingerprint density at radius 1 is 1.44 bits per heavy atom. The highest BCUT2D eigenvalue weighted by Gasteiger charge is 2.28. The number of esters is 1. The van der Waals surface area contributed by atoms with Gasteiger partial charge in [-0.25, -0.2) is 9.59 Å². The first kappa shape index (κ1) is 10.6. The lowest BCUT2D eigenvalue weighted by Gasteiger charge is -1.88. The highest BCUT2D eigenvalue weighted by Crippen LogP contribution is 2.21. The third-order valence-corrected chi connectivity index (χ3v) is 3.00. The fraction of sp³-hybridized carbons (Fsp3) is 0.100. The van der Waals surface area contributed by atoms with E-state index < -0.39 is 11.9 Å². The van der Waals surface area contributed by atoms with E-state index in [2.05, 4.69) is 4.74 Å². The molecule has 0 radical (unpaired) electrons. The molecule has 1 saturated heterocycles. The molecule has 5 nitrogen and oxygen atoms in total. The zero-order chi connectivity index (χ0) is 11.7. The molecule has 0 unspecified atom stereocenters. The maximum atomic E-state index is 11.2. The molecule has 82 valence electrons. The quantitative estimate of drug-likeness (QED) is 0.471. The van der Waals surface area contributed by atoms with E-state index in [0.29, 0.717) is 4.88 Å². The van der Waals surface area contributed by atoms with Crippen LogP contribution in [-0.2, 0) is 14.3 Å². The summed E-state index contributed by atoms with van der Waals surface area (Å²) in [5.41, 5.74) is -0.0289. The topological polar surface area (TPSA) is 80.7 Å². The lowest BCUT2D eigenvalue weighted by atomic mass is 10.2. The Hall–Kier alpha value is -1.95. The third kappa shape index (κ3) is 1.87. The molecule has 0 saturated carbocycles. The minimum atomic E-state index is -1.03. The monoisotopic (exact) mass is 238 g/mol. The number of cyclic esters (lactones) is 1. The van der Waals surface area contributed by atoms with E-state index in [1.54, 1.807) is 6.07 Å². The number of thiophene rings is 1. The van der Waals surface area contributed by atoms with E-state index >= 15 is 0 Å². The molecule has 2 rings (SSSR count). The first-order valence-electron chi connectivity index (χ1n) is 4.33. The highest BCUT2D eigenvalue weighted by molar-refractivity contribution is 7.14. The Balaban J connectivity index is 2.31. The first-order chi connectivity index (χ1) is 7.58. The van der Waals surface area contributed by atoms with E-state index in [1.165, 1.54) is 12.1 Å². The Morgan fingerprint density at radius 3 is 2.69 bits per heavy atom. The van der Waals surface area contributed by atoms with Gasteiger partial charge in [-0.3, -0.25) is 4.79 Å². The van der Waals surface area contributed by atoms with Crippen LogP contribution in [0.15, 0.2) is 17.7 Å². The molecule has 0 aliphatic carbocycles. The Labute approximate surface area is 94.0 Å². The molecule has 0 atom stereocenters. The average Bonchev–Trinajstić information content (AvgIpc) is 2.80. The molecule has 16 heavy (non-hydrogen) atoms. The predicted molar refractivity (Wildman–Crippen MR) is 55.2 cm³/mol.